The Bertz CT molecular complexity index is 684. The molecule has 1 aliphatic heterocycles. The molecule has 140 valence electrons. The van der Waals surface area contributed by atoms with E-state index < -0.39 is 0 Å². The molecule has 0 aliphatic carbocycles. The van der Waals surface area contributed by atoms with Gasteiger partial charge < -0.3 is 19.1 Å². The van der Waals surface area contributed by atoms with Crippen LogP contribution in [0, 0.1) is 0 Å². The zero-order valence-corrected chi connectivity index (χ0v) is 15.9. The summed E-state index contributed by atoms with van der Waals surface area (Å²) in [6.45, 7) is 4.48. The van der Waals surface area contributed by atoms with Crippen LogP contribution in [0.4, 0.5) is 5.69 Å². The molecular formula is C22H29NO3. The number of ether oxygens (including phenoxy) is 3. The Balaban J connectivity index is 1.68. The SMILES string of the molecule is CCCCCCCN(Cc1ccc2c(c1)OCO2)c1ccc(OC)cc1. The van der Waals surface area contributed by atoms with Gasteiger partial charge in [-0.3, -0.25) is 0 Å². The van der Waals surface area contributed by atoms with Gasteiger partial charge in [-0.1, -0.05) is 38.7 Å². The van der Waals surface area contributed by atoms with E-state index in [-0.39, 0.29) is 0 Å². The second kappa shape index (κ2) is 9.37. The monoisotopic (exact) mass is 355 g/mol. The van der Waals surface area contributed by atoms with Crippen LogP contribution in [-0.2, 0) is 6.54 Å². The Labute approximate surface area is 156 Å². The first kappa shape index (κ1) is 18.4. The molecule has 0 amide bonds. The minimum atomic E-state index is 0.318. The summed E-state index contributed by atoms with van der Waals surface area (Å²) in [6, 6.07) is 14.6. The van der Waals surface area contributed by atoms with Crippen LogP contribution in [0.5, 0.6) is 17.2 Å². The van der Waals surface area contributed by atoms with E-state index in [9.17, 15) is 0 Å². The van der Waals surface area contributed by atoms with Gasteiger partial charge in [-0.2, -0.15) is 0 Å². The van der Waals surface area contributed by atoms with Gasteiger partial charge in [0.15, 0.2) is 11.5 Å². The highest BCUT2D eigenvalue weighted by atomic mass is 16.7. The van der Waals surface area contributed by atoms with E-state index in [4.69, 9.17) is 14.2 Å². The minimum absolute atomic E-state index is 0.318. The van der Waals surface area contributed by atoms with E-state index in [1.807, 2.05) is 18.2 Å². The number of nitrogens with zero attached hydrogens (tertiary/aromatic N) is 1. The molecule has 0 atom stereocenters. The number of unbranched alkanes of at least 4 members (excludes halogenated alkanes) is 4. The van der Waals surface area contributed by atoms with Crippen LogP contribution in [0.1, 0.15) is 44.6 Å². The number of hydrogen-bond donors (Lipinski definition) is 0. The van der Waals surface area contributed by atoms with Crippen molar-refractivity contribution in [1.29, 1.82) is 0 Å². The second-order valence-electron chi connectivity index (χ2n) is 6.72. The third-order valence-electron chi connectivity index (χ3n) is 4.78. The Morgan fingerprint density at radius 3 is 2.46 bits per heavy atom. The molecule has 26 heavy (non-hydrogen) atoms. The highest BCUT2D eigenvalue weighted by Crippen LogP contribution is 2.33. The van der Waals surface area contributed by atoms with Crippen molar-refractivity contribution in [1.82, 2.24) is 0 Å². The van der Waals surface area contributed by atoms with Gasteiger partial charge in [0.05, 0.1) is 7.11 Å². The lowest BCUT2D eigenvalue weighted by molar-refractivity contribution is 0.174. The third-order valence-corrected chi connectivity index (χ3v) is 4.78. The normalized spacial score (nSPS) is 12.2. The van der Waals surface area contributed by atoms with E-state index in [0.717, 1.165) is 30.3 Å². The Hall–Kier alpha value is -2.36. The van der Waals surface area contributed by atoms with Crippen LogP contribution in [0.25, 0.3) is 0 Å². The topological polar surface area (TPSA) is 30.9 Å². The van der Waals surface area contributed by atoms with Gasteiger partial charge >= 0.3 is 0 Å². The number of hydrogen-bond acceptors (Lipinski definition) is 4. The summed E-state index contributed by atoms with van der Waals surface area (Å²) < 4.78 is 16.2. The summed E-state index contributed by atoms with van der Waals surface area (Å²) in [6.07, 6.45) is 6.40. The van der Waals surface area contributed by atoms with Crippen molar-refractivity contribution in [2.45, 2.75) is 45.6 Å². The average Bonchev–Trinajstić information content (AvgIpc) is 3.15. The first-order valence-electron chi connectivity index (χ1n) is 9.57. The lowest BCUT2D eigenvalue weighted by atomic mass is 10.1. The molecule has 0 unspecified atom stereocenters. The molecule has 0 spiro atoms. The fourth-order valence-electron chi connectivity index (χ4n) is 3.26. The maximum absolute atomic E-state index is 5.52. The molecule has 0 saturated heterocycles. The van der Waals surface area contributed by atoms with Gasteiger partial charge in [-0.25, -0.2) is 0 Å². The van der Waals surface area contributed by atoms with Crippen molar-refractivity contribution >= 4 is 5.69 Å². The van der Waals surface area contributed by atoms with Gasteiger partial charge in [0.25, 0.3) is 0 Å². The standard InChI is InChI=1S/C22H29NO3/c1-3-4-5-6-7-14-23(19-9-11-20(24-2)12-10-19)16-18-8-13-21-22(15-18)26-17-25-21/h8-13,15H,3-7,14,16-17H2,1-2H3. The van der Waals surface area contributed by atoms with Crippen molar-refractivity contribution in [2.24, 2.45) is 0 Å². The van der Waals surface area contributed by atoms with E-state index in [1.54, 1.807) is 7.11 Å². The summed E-state index contributed by atoms with van der Waals surface area (Å²) >= 11 is 0. The van der Waals surface area contributed by atoms with Crippen molar-refractivity contribution in [3.05, 3.63) is 48.0 Å². The van der Waals surface area contributed by atoms with Crippen LogP contribution >= 0.6 is 0 Å². The predicted octanol–water partition coefficient (Wildman–Crippen LogP) is 5.40. The molecule has 1 aliphatic rings. The molecule has 1 heterocycles. The molecule has 0 radical (unpaired) electrons. The maximum atomic E-state index is 5.52. The summed E-state index contributed by atoms with van der Waals surface area (Å²) in [5.41, 5.74) is 2.46. The Kier molecular flexibility index (Phi) is 6.64. The quantitative estimate of drug-likeness (QED) is 0.534. The molecule has 2 aromatic carbocycles. The van der Waals surface area contributed by atoms with Crippen molar-refractivity contribution < 1.29 is 14.2 Å². The van der Waals surface area contributed by atoms with Crippen molar-refractivity contribution in [2.75, 3.05) is 25.3 Å². The van der Waals surface area contributed by atoms with Gasteiger partial charge in [0.2, 0.25) is 6.79 Å². The largest absolute Gasteiger partial charge is 0.497 e. The number of anilines is 1. The first-order valence-corrected chi connectivity index (χ1v) is 9.57. The lowest BCUT2D eigenvalue weighted by Crippen LogP contribution is -2.23. The summed E-state index contributed by atoms with van der Waals surface area (Å²) in [5.74, 6) is 2.57. The Morgan fingerprint density at radius 2 is 1.69 bits per heavy atom. The van der Waals surface area contributed by atoms with Crippen LogP contribution in [0.3, 0.4) is 0 Å². The minimum Gasteiger partial charge on any atom is -0.497 e. The molecule has 4 nitrogen and oxygen atoms in total. The van der Waals surface area contributed by atoms with E-state index >= 15 is 0 Å². The zero-order valence-electron chi connectivity index (χ0n) is 15.9. The molecule has 0 N–H and O–H groups in total. The number of fused-ring (bicyclic) bond motifs is 1. The predicted molar refractivity (Wildman–Crippen MR) is 105 cm³/mol. The summed E-state index contributed by atoms with van der Waals surface area (Å²) in [7, 11) is 1.70. The lowest BCUT2D eigenvalue weighted by Gasteiger charge is -2.25. The van der Waals surface area contributed by atoms with Gasteiger partial charge in [-0.15, -0.1) is 0 Å². The summed E-state index contributed by atoms with van der Waals surface area (Å²) in [4.78, 5) is 2.43. The highest BCUT2D eigenvalue weighted by molar-refractivity contribution is 5.51. The van der Waals surface area contributed by atoms with Crippen LogP contribution in [0.15, 0.2) is 42.5 Å². The molecule has 2 aromatic rings. The molecule has 0 fully saturated rings. The highest BCUT2D eigenvalue weighted by Gasteiger charge is 2.15. The molecular weight excluding hydrogens is 326 g/mol. The van der Waals surface area contributed by atoms with Gasteiger partial charge in [0.1, 0.15) is 5.75 Å². The zero-order chi connectivity index (χ0) is 18.2. The fourth-order valence-corrected chi connectivity index (χ4v) is 3.26. The molecule has 4 heteroatoms. The van der Waals surface area contributed by atoms with Crippen LogP contribution in [-0.4, -0.2) is 20.4 Å². The van der Waals surface area contributed by atoms with Crippen LogP contribution in [0.2, 0.25) is 0 Å². The fraction of sp³-hybridized carbons (Fsp3) is 0.455. The second-order valence-corrected chi connectivity index (χ2v) is 6.72. The summed E-state index contributed by atoms with van der Waals surface area (Å²) in [5, 5.41) is 0. The van der Waals surface area contributed by atoms with E-state index in [2.05, 4.69) is 36.1 Å². The number of rotatable bonds is 10. The Morgan fingerprint density at radius 1 is 0.923 bits per heavy atom. The molecule has 0 saturated carbocycles. The maximum Gasteiger partial charge on any atom is 0.231 e. The molecule has 0 aromatic heterocycles. The number of benzene rings is 2. The van der Waals surface area contributed by atoms with Gasteiger partial charge in [-0.05, 0) is 48.4 Å². The number of methoxy groups -OCH3 is 1. The first-order chi connectivity index (χ1) is 12.8. The molecule has 0 bridgehead atoms. The van der Waals surface area contributed by atoms with E-state index in [0.29, 0.717) is 6.79 Å². The van der Waals surface area contributed by atoms with Crippen LogP contribution < -0.4 is 19.1 Å². The average molecular weight is 355 g/mol. The van der Waals surface area contributed by atoms with Crippen molar-refractivity contribution in [3.63, 3.8) is 0 Å². The van der Waals surface area contributed by atoms with Crippen molar-refractivity contribution in [3.8, 4) is 17.2 Å². The molecule has 3 rings (SSSR count). The third kappa shape index (κ3) is 4.84. The van der Waals surface area contributed by atoms with E-state index in [1.165, 1.54) is 43.4 Å². The van der Waals surface area contributed by atoms with Gasteiger partial charge in [0, 0.05) is 18.8 Å². The smallest absolute Gasteiger partial charge is 0.231 e.